The van der Waals surface area contributed by atoms with Crippen molar-refractivity contribution in [2.24, 2.45) is 5.73 Å². The first-order valence-corrected chi connectivity index (χ1v) is 3.59. The molecule has 0 radical (unpaired) electrons. The summed E-state index contributed by atoms with van der Waals surface area (Å²) in [6.45, 7) is 2.12. The molecule has 4 nitrogen and oxygen atoms in total. The van der Waals surface area contributed by atoms with Crippen molar-refractivity contribution in [3.05, 3.63) is 39.4 Å². The fourth-order valence-corrected chi connectivity index (χ4v) is 1.05. The Bertz CT molecular complexity index is 315. The Kier molecular flexibility index (Phi) is 4.37. The largest absolute Gasteiger partial charge is 0.326 e. The van der Waals surface area contributed by atoms with Gasteiger partial charge in [-0.05, 0) is 18.6 Å². The maximum absolute atomic E-state index is 10.4. The number of aryl methyl sites for hydroxylation is 1. The molecule has 1 aromatic carbocycles. The quantitative estimate of drug-likeness (QED) is 0.587. The summed E-state index contributed by atoms with van der Waals surface area (Å²) in [4.78, 5) is 10.0. The molecule has 0 aliphatic rings. The van der Waals surface area contributed by atoms with Crippen LogP contribution in [0.15, 0.2) is 18.2 Å². The van der Waals surface area contributed by atoms with Gasteiger partial charge in [-0.25, -0.2) is 0 Å². The maximum atomic E-state index is 10.4. The van der Waals surface area contributed by atoms with Crippen molar-refractivity contribution >= 4 is 18.1 Å². The van der Waals surface area contributed by atoms with Gasteiger partial charge in [-0.1, -0.05) is 6.07 Å². The molecule has 0 saturated heterocycles. The van der Waals surface area contributed by atoms with Gasteiger partial charge in [0.1, 0.15) is 0 Å². The van der Waals surface area contributed by atoms with Gasteiger partial charge >= 0.3 is 0 Å². The van der Waals surface area contributed by atoms with E-state index in [0.29, 0.717) is 12.1 Å². The van der Waals surface area contributed by atoms with Crippen LogP contribution in [0.4, 0.5) is 5.69 Å². The third-order valence-corrected chi connectivity index (χ3v) is 1.69. The molecule has 0 unspecified atom stereocenters. The number of nitro groups is 1. The lowest BCUT2D eigenvalue weighted by Gasteiger charge is -1.99. The number of hydrogen-bond donors (Lipinski definition) is 1. The Morgan fingerprint density at radius 3 is 2.54 bits per heavy atom. The minimum Gasteiger partial charge on any atom is -0.326 e. The van der Waals surface area contributed by atoms with Gasteiger partial charge < -0.3 is 5.73 Å². The predicted octanol–water partition coefficient (Wildman–Crippen LogP) is 1.78. The number of nitro benzene ring substituents is 1. The van der Waals surface area contributed by atoms with Gasteiger partial charge in [-0.3, -0.25) is 10.1 Å². The average molecular weight is 203 g/mol. The summed E-state index contributed by atoms with van der Waals surface area (Å²) in [6.07, 6.45) is 0. The second-order valence-corrected chi connectivity index (χ2v) is 2.58. The average Bonchev–Trinajstić information content (AvgIpc) is 2.03. The highest BCUT2D eigenvalue weighted by molar-refractivity contribution is 5.85. The topological polar surface area (TPSA) is 69.2 Å². The first kappa shape index (κ1) is 11.9. The molecule has 1 aromatic rings. The van der Waals surface area contributed by atoms with Crippen molar-refractivity contribution in [2.75, 3.05) is 0 Å². The Morgan fingerprint density at radius 2 is 2.15 bits per heavy atom. The van der Waals surface area contributed by atoms with Gasteiger partial charge in [-0.2, -0.15) is 0 Å². The molecule has 0 spiro atoms. The molecule has 0 bridgehead atoms. The molecular formula is C8H11ClN2O2. The number of hydrogen-bond acceptors (Lipinski definition) is 3. The predicted molar refractivity (Wildman–Crippen MR) is 53.0 cm³/mol. The minimum atomic E-state index is -0.393. The molecule has 1 rings (SSSR count). The van der Waals surface area contributed by atoms with Gasteiger partial charge in [0.25, 0.3) is 5.69 Å². The van der Waals surface area contributed by atoms with Crippen LogP contribution in [0.3, 0.4) is 0 Å². The van der Waals surface area contributed by atoms with E-state index in [1.54, 1.807) is 19.1 Å². The molecule has 5 heteroatoms. The van der Waals surface area contributed by atoms with Gasteiger partial charge in [-0.15, -0.1) is 12.4 Å². The van der Waals surface area contributed by atoms with E-state index in [0.717, 1.165) is 5.56 Å². The summed E-state index contributed by atoms with van der Waals surface area (Å²) in [5.41, 5.74) is 7.09. The van der Waals surface area contributed by atoms with Crippen LogP contribution in [0.5, 0.6) is 0 Å². The lowest BCUT2D eigenvalue weighted by molar-refractivity contribution is -0.385. The first-order valence-electron chi connectivity index (χ1n) is 3.59. The normalized spacial score (nSPS) is 9.08. The van der Waals surface area contributed by atoms with E-state index in [-0.39, 0.29) is 18.1 Å². The lowest BCUT2D eigenvalue weighted by Crippen LogP contribution is -1.98. The zero-order valence-electron chi connectivity index (χ0n) is 7.19. The molecule has 72 valence electrons. The molecule has 0 aliphatic carbocycles. The summed E-state index contributed by atoms with van der Waals surface area (Å²) in [6, 6.07) is 4.89. The molecule has 0 amide bonds. The maximum Gasteiger partial charge on any atom is 0.272 e. The summed E-state index contributed by atoms with van der Waals surface area (Å²) in [7, 11) is 0. The molecule has 0 aromatic heterocycles. The van der Waals surface area contributed by atoms with Crippen molar-refractivity contribution in [1.82, 2.24) is 0 Å². The van der Waals surface area contributed by atoms with Crippen molar-refractivity contribution in [3.63, 3.8) is 0 Å². The Balaban J connectivity index is 0.00000144. The van der Waals surface area contributed by atoms with Crippen LogP contribution >= 0.6 is 12.4 Å². The van der Waals surface area contributed by atoms with E-state index in [1.165, 1.54) is 6.07 Å². The highest BCUT2D eigenvalue weighted by atomic mass is 35.5. The van der Waals surface area contributed by atoms with Crippen LogP contribution in [-0.2, 0) is 6.54 Å². The molecular weight excluding hydrogens is 192 g/mol. The van der Waals surface area contributed by atoms with Crippen LogP contribution in [0.2, 0.25) is 0 Å². The van der Waals surface area contributed by atoms with E-state index in [9.17, 15) is 10.1 Å². The number of halogens is 1. The zero-order valence-corrected chi connectivity index (χ0v) is 8.00. The third-order valence-electron chi connectivity index (χ3n) is 1.69. The molecule has 0 fully saturated rings. The molecule has 0 atom stereocenters. The van der Waals surface area contributed by atoms with Crippen LogP contribution in [0.1, 0.15) is 11.1 Å². The van der Waals surface area contributed by atoms with E-state index < -0.39 is 4.92 Å². The number of benzene rings is 1. The van der Waals surface area contributed by atoms with Crippen molar-refractivity contribution in [2.45, 2.75) is 13.5 Å². The lowest BCUT2D eigenvalue weighted by atomic mass is 10.1. The highest BCUT2D eigenvalue weighted by Gasteiger charge is 2.08. The molecule has 0 aliphatic heterocycles. The summed E-state index contributed by atoms with van der Waals surface area (Å²) in [5.74, 6) is 0. The van der Waals surface area contributed by atoms with E-state index in [2.05, 4.69) is 0 Å². The second-order valence-electron chi connectivity index (χ2n) is 2.58. The van der Waals surface area contributed by atoms with Gasteiger partial charge in [0.15, 0.2) is 0 Å². The third kappa shape index (κ3) is 2.68. The summed E-state index contributed by atoms with van der Waals surface area (Å²) in [5, 5.41) is 10.4. The van der Waals surface area contributed by atoms with Gasteiger partial charge in [0, 0.05) is 18.2 Å². The standard InChI is InChI=1S/C8H10N2O2.ClH/c1-6-4-7(5-9)2-3-8(6)10(11)12;/h2-4H,5,9H2,1H3;1H. The summed E-state index contributed by atoms with van der Waals surface area (Å²) >= 11 is 0. The zero-order chi connectivity index (χ0) is 9.14. The molecule has 13 heavy (non-hydrogen) atoms. The highest BCUT2D eigenvalue weighted by Crippen LogP contribution is 2.18. The summed E-state index contributed by atoms with van der Waals surface area (Å²) < 4.78 is 0. The first-order chi connectivity index (χ1) is 5.65. The van der Waals surface area contributed by atoms with Gasteiger partial charge in [0.05, 0.1) is 4.92 Å². The molecule has 0 heterocycles. The number of nitrogens with zero attached hydrogens (tertiary/aromatic N) is 1. The van der Waals surface area contributed by atoms with Crippen LogP contribution < -0.4 is 5.73 Å². The Hall–Kier alpha value is -1.13. The molecule has 0 saturated carbocycles. The molecule has 2 N–H and O–H groups in total. The Morgan fingerprint density at radius 1 is 1.54 bits per heavy atom. The van der Waals surface area contributed by atoms with Crippen LogP contribution in [-0.4, -0.2) is 4.92 Å². The monoisotopic (exact) mass is 202 g/mol. The van der Waals surface area contributed by atoms with E-state index in [1.807, 2.05) is 0 Å². The van der Waals surface area contributed by atoms with Crippen LogP contribution in [0, 0.1) is 17.0 Å². The van der Waals surface area contributed by atoms with E-state index in [4.69, 9.17) is 5.73 Å². The second kappa shape index (κ2) is 4.79. The van der Waals surface area contributed by atoms with Gasteiger partial charge in [0.2, 0.25) is 0 Å². The fourth-order valence-electron chi connectivity index (χ4n) is 1.05. The Labute approximate surface area is 82.3 Å². The van der Waals surface area contributed by atoms with Crippen molar-refractivity contribution < 1.29 is 4.92 Å². The minimum absolute atomic E-state index is 0. The van der Waals surface area contributed by atoms with E-state index >= 15 is 0 Å². The van der Waals surface area contributed by atoms with Crippen molar-refractivity contribution in [3.8, 4) is 0 Å². The van der Waals surface area contributed by atoms with Crippen molar-refractivity contribution in [1.29, 1.82) is 0 Å². The SMILES string of the molecule is Cc1cc(CN)ccc1[N+](=O)[O-].Cl. The smallest absolute Gasteiger partial charge is 0.272 e. The number of rotatable bonds is 2. The van der Waals surface area contributed by atoms with Crippen LogP contribution in [0.25, 0.3) is 0 Å². The number of nitrogens with two attached hydrogens (primary N) is 1. The fraction of sp³-hybridized carbons (Fsp3) is 0.250.